The molecule has 0 N–H and O–H groups in total. The standard InChI is InChI=1S/C30H35N3O6/c1-5-6-7-8-12-29(32-39-22(4)35)28-17-33(24-11-9-10-23(15-24)20(2)31-38-21(3)34)30-14-13-25(16-27(28)30)36-18-26-19-37-26/h9-11,13-17,26H,5-8,12,18-19H2,1-4H3/b31-20-,32-29+. The molecule has 1 saturated heterocycles. The first-order valence-corrected chi connectivity index (χ1v) is 13.3. The van der Waals surface area contributed by atoms with Gasteiger partial charge >= 0.3 is 11.9 Å². The zero-order chi connectivity index (χ0) is 27.8. The molecule has 1 atom stereocenters. The number of rotatable bonds is 13. The Morgan fingerprint density at radius 1 is 1.00 bits per heavy atom. The molecule has 39 heavy (non-hydrogen) atoms. The average molecular weight is 534 g/mol. The fourth-order valence-electron chi connectivity index (χ4n) is 4.23. The van der Waals surface area contributed by atoms with E-state index in [1.165, 1.54) is 13.8 Å². The molecular formula is C30H35N3O6. The van der Waals surface area contributed by atoms with E-state index in [2.05, 4.69) is 21.8 Å². The zero-order valence-corrected chi connectivity index (χ0v) is 22.9. The Bertz CT molecular complexity index is 1390. The fourth-order valence-corrected chi connectivity index (χ4v) is 4.23. The van der Waals surface area contributed by atoms with Gasteiger partial charge in [-0.15, -0.1) is 0 Å². The number of nitrogens with zero attached hydrogens (tertiary/aromatic N) is 3. The van der Waals surface area contributed by atoms with Crippen LogP contribution in [0.4, 0.5) is 0 Å². The van der Waals surface area contributed by atoms with Crippen LogP contribution in [0.25, 0.3) is 16.6 Å². The Hall–Kier alpha value is -3.98. The molecule has 3 aromatic rings. The number of hydrogen-bond acceptors (Lipinski definition) is 8. The van der Waals surface area contributed by atoms with Crippen molar-refractivity contribution in [2.75, 3.05) is 13.2 Å². The number of carbonyl (C=O) groups is 2. The number of ether oxygens (including phenoxy) is 2. The van der Waals surface area contributed by atoms with Crippen molar-refractivity contribution in [1.29, 1.82) is 0 Å². The van der Waals surface area contributed by atoms with E-state index in [0.717, 1.165) is 65.8 Å². The summed E-state index contributed by atoms with van der Waals surface area (Å²) >= 11 is 0. The average Bonchev–Trinajstić information content (AvgIpc) is 3.69. The summed E-state index contributed by atoms with van der Waals surface area (Å²) in [4.78, 5) is 32.8. The molecule has 0 radical (unpaired) electrons. The van der Waals surface area contributed by atoms with Crippen LogP contribution < -0.4 is 4.74 Å². The maximum atomic E-state index is 11.6. The van der Waals surface area contributed by atoms with Gasteiger partial charge in [0.05, 0.1) is 23.5 Å². The van der Waals surface area contributed by atoms with Crippen LogP contribution >= 0.6 is 0 Å². The van der Waals surface area contributed by atoms with E-state index in [1.54, 1.807) is 6.92 Å². The van der Waals surface area contributed by atoms with E-state index in [0.29, 0.717) is 24.5 Å². The highest BCUT2D eigenvalue weighted by Gasteiger charge is 2.23. The van der Waals surface area contributed by atoms with Gasteiger partial charge in [-0.1, -0.05) is 48.6 Å². The summed E-state index contributed by atoms with van der Waals surface area (Å²) in [7, 11) is 0. The van der Waals surface area contributed by atoms with Crippen LogP contribution in [-0.2, 0) is 24.0 Å². The molecule has 9 heteroatoms. The Labute approximate surface area is 228 Å². The number of oxime groups is 2. The van der Waals surface area contributed by atoms with Crippen molar-refractivity contribution in [2.24, 2.45) is 10.3 Å². The van der Waals surface area contributed by atoms with Gasteiger partial charge in [-0.2, -0.15) is 0 Å². The van der Waals surface area contributed by atoms with E-state index >= 15 is 0 Å². The highest BCUT2D eigenvalue weighted by molar-refractivity contribution is 6.11. The van der Waals surface area contributed by atoms with Gasteiger partial charge in [0, 0.05) is 42.2 Å². The Morgan fingerprint density at radius 3 is 2.49 bits per heavy atom. The summed E-state index contributed by atoms with van der Waals surface area (Å²) in [6.07, 6.45) is 7.07. The third-order valence-electron chi connectivity index (χ3n) is 6.33. The van der Waals surface area contributed by atoms with Crippen LogP contribution in [0.5, 0.6) is 5.75 Å². The molecule has 0 saturated carbocycles. The zero-order valence-electron chi connectivity index (χ0n) is 22.9. The lowest BCUT2D eigenvalue weighted by Crippen LogP contribution is -2.05. The number of fused-ring (bicyclic) bond motifs is 1. The van der Waals surface area contributed by atoms with E-state index in [-0.39, 0.29) is 6.10 Å². The minimum atomic E-state index is -0.476. The van der Waals surface area contributed by atoms with Crippen LogP contribution in [0.3, 0.4) is 0 Å². The van der Waals surface area contributed by atoms with Gasteiger partial charge in [0.1, 0.15) is 18.5 Å². The maximum absolute atomic E-state index is 11.6. The molecule has 0 amide bonds. The number of epoxide rings is 1. The van der Waals surface area contributed by atoms with Gasteiger partial charge in [0.15, 0.2) is 0 Å². The second kappa shape index (κ2) is 13.2. The molecule has 1 aliphatic heterocycles. The molecule has 2 heterocycles. The molecule has 206 valence electrons. The van der Waals surface area contributed by atoms with Crippen molar-refractivity contribution in [2.45, 2.75) is 65.9 Å². The monoisotopic (exact) mass is 533 g/mol. The van der Waals surface area contributed by atoms with Gasteiger partial charge in [-0.3, -0.25) is 0 Å². The molecule has 1 unspecified atom stereocenters. The van der Waals surface area contributed by atoms with E-state index < -0.39 is 11.9 Å². The second-order valence-electron chi connectivity index (χ2n) is 9.60. The lowest BCUT2D eigenvalue weighted by Gasteiger charge is -2.09. The highest BCUT2D eigenvalue weighted by atomic mass is 16.7. The molecule has 4 rings (SSSR count). The van der Waals surface area contributed by atoms with Gasteiger partial charge < -0.3 is 23.7 Å². The molecule has 9 nitrogen and oxygen atoms in total. The first-order valence-electron chi connectivity index (χ1n) is 13.3. The van der Waals surface area contributed by atoms with Crippen LogP contribution in [-0.4, -0.2) is 47.2 Å². The third-order valence-corrected chi connectivity index (χ3v) is 6.33. The van der Waals surface area contributed by atoms with E-state index in [4.69, 9.17) is 19.1 Å². The smallest absolute Gasteiger partial charge is 0.331 e. The summed E-state index contributed by atoms with van der Waals surface area (Å²) in [6.45, 7) is 7.83. The van der Waals surface area contributed by atoms with Gasteiger partial charge in [-0.25, -0.2) is 9.59 Å². The number of aromatic nitrogens is 1. The van der Waals surface area contributed by atoms with Crippen molar-refractivity contribution in [1.82, 2.24) is 4.57 Å². The largest absolute Gasteiger partial charge is 0.491 e. The lowest BCUT2D eigenvalue weighted by atomic mass is 10.0. The van der Waals surface area contributed by atoms with Gasteiger partial charge in [0.2, 0.25) is 0 Å². The highest BCUT2D eigenvalue weighted by Crippen LogP contribution is 2.31. The minimum Gasteiger partial charge on any atom is -0.491 e. The molecule has 0 bridgehead atoms. The summed E-state index contributed by atoms with van der Waals surface area (Å²) in [5, 5.41) is 9.13. The molecular weight excluding hydrogens is 498 g/mol. The molecule has 1 aliphatic rings. The topological polar surface area (TPSA) is 104 Å². The Kier molecular flexibility index (Phi) is 9.49. The first-order chi connectivity index (χ1) is 18.9. The number of unbranched alkanes of at least 4 members (excludes halogenated alkanes) is 3. The molecule has 1 fully saturated rings. The Morgan fingerprint density at radius 2 is 1.77 bits per heavy atom. The summed E-state index contributed by atoms with van der Waals surface area (Å²) in [5.74, 6) is -0.210. The van der Waals surface area contributed by atoms with Gasteiger partial charge in [0.25, 0.3) is 0 Å². The SMILES string of the molecule is CCCCCC/C(=N\OC(C)=O)c1cn(-c2cccc(/C(C)=N\OC(C)=O)c2)c2ccc(OCC3CO3)cc12. The normalized spacial score (nSPS) is 15.3. The molecule has 0 aliphatic carbocycles. The second-order valence-corrected chi connectivity index (χ2v) is 9.60. The number of carbonyl (C=O) groups excluding carboxylic acids is 2. The summed E-state index contributed by atoms with van der Waals surface area (Å²) < 4.78 is 13.3. The van der Waals surface area contributed by atoms with Crippen LogP contribution in [0.15, 0.2) is 59.0 Å². The van der Waals surface area contributed by atoms with Crippen molar-refractivity contribution >= 4 is 34.3 Å². The molecule has 0 spiro atoms. The van der Waals surface area contributed by atoms with E-state index in [9.17, 15) is 9.59 Å². The molecule has 1 aromatic heterocycles. The Balaban J connectivity index is 1.78. The summed E-state index contributed by atoms with van der Waals surface area (Å²) in [5.41, 5.74) is 4.79. The summed E-state index contributed by atoms with van der Waals surface area (Å²) in [6, 6.07) is 13.7. The predicted molar refractivity (Wildman–Crippen MR) is 150 cm³/mol. The maximum Gasteiger partial charge on any atom is 0.331 e. The predicted octanol–water partition coefficient (Wildman–Crippen LogP) is 5.93. The minimum absolute atomic E-state index is 0.143. The van der Waals surface area contributed by atoms with Gasteiger partial charge in [-0.05, 0) is 50.1 Å². The van der Waals surface area contributed by atoms with Crippen LogP contribution in [0.1, 0.15) is 70.9 Å². The van der Waals surface area contributed by atoms with E-state index in [1.807, 2.05) is 48.7 Å². The van der Waals surface area contributed by atoms with Crippen LogP contribution in [0.2, 0.25) is 0 Å². The third kappa shape index (κ3) is 7.77. The first kappa shape index (κ1) is 28.0. The quantitative estimate of drug-likeness (QED) is 0.0886. The lowest BCUT2D eigenvalue weighted by molar-refractivity contribution is -0.141. The van der Waals surface area contributed by atoms with Crippen molar-refractivity contribution in [3.8, 4) is 11.4 Å². The number of benzene rings is 2. The van der Waals surface area contributed by atoms with Crippen molar-refractivity contribution in [3.63, 3.8) is 0 Å². The van der Waals surface area contributed by atoms with Crippen molar-refractivity contribution in [3.05, 3.63) is 59.8 Å². The van der Waals surface area contributed by atoms with Crippen LogP contribution in [0, 0.1) is 0 Å². The number of hydrogen-bond donors (Lipinski definition) is 0. The fraction of sp³-hybridized carbons (Fsp3) is 0.400. The molecule has 2 aromatic carbocycles. The van der Waals surface area contributed by atoms with Crippen molar-refractivity contribution < 1.29 is 28.7 Å².